The van der Waals surface area contributed by atoms with Crippen molar-refractivity contribution < 1.29 is 33.3 Å². The van der Waals surface area contributed by atoms with Gasteiger partial charge in [-0.1, -0.05) is 41.1 Å². The molecule has 1 atom stereocenters. The SMILES string of the molecule is CCOC(=O)c1ccc(COc2c(Br)cc(Cl)cc2/C=c2/sc3n(c2=O)[C@H](c2ccc(OCC)c(OCC)c2)C(C(=O)OC)=CN=3)cc1. The molecule has 0 radical (unpaired) electrons. The summed E-state index contributed by atoms with van der Waals surface area (Å²) in [6, 6.07) is 14.8. The van der Waals surface area contributed by atoms with E-state index in [4.69, 9.17) is 35.3 Å². The summed E-state index contributed by atoms with van der Waals surface area (Å²) in [5.74, 6) is 0.482. The molecule has 13 heteroatoms. The summed E-state index contributed by atoms with van der Waals surface area (Å²) in [5.41, 5.74) is 2.23. The van der Waals surface area contributed by atoms with Crippen LogP contribution in [0, 0.1) is 0 Å². The van der Waals surface area contributed by atoms with Gasteiger partial charge in [0.25, 0.3) is 5.56 Å². The molecule has 0 fully saturated rings. The van der Waals surface area contributed by atoms with Crippen LogP contribution in [0.15, 0.2) is 80.6 Å². The van der Waals surface area contributed by atoms with Gasteiger partial charge < -0.3 is 23.7 Å². The Labute approximate surface area is 294 Å². The molecule has 2 heterocycles. The van der Waals surface area contributed by atoms with Gasteiger partial charge in [0.1, 0.15) is 12.4 Å². The van der Waals surface area contributed by atoms with E-state index in [0.717, 1.165) is 16.9 Å². The lowest BCUT2D eigenvalue weighted by Gasteiger charge is -2.23. The number of ether oxygens (including phenoxy) is 5. The number of carbonyl (C=O) groups is 2. The van der Waals surface area contributed by atoms with E-state index < -0.39 is 18.0 Å². The number of halogens is 2. The Morgan fingerprint density at radius 1 is 0.958 bits per heavy atom. The van der Waals surface area contributed by atoms with E-state index in [9.17, 15) is 14.4 Å². The molecular formula is C35H32BrClN2O8S. The van der Waals surface area contributed by atoms with Crippen LogP contribution in [0.2, 0.25) is 5.02 Å². The smallest absolute Gasteiger partial charge is 0.338 e. The van der Waals surface area contributed by atoms with Crippen molar-refractivity contribution in [2.75, 3.05) is 26.9 Å². The van der Waals surface area contributed by atoms with Crippen molar-refractivity contribution in [2.24, 2.45) is 4.99 Å². The second-order valence-corrected chi connectivity index (χ2v) is 12.6. The fraction of sp³-hybridized carbons (Fsp3) is 0.257. The largest absolute Gasteiger partial charge is 0.490 e. The van der Waals surface area contributed by atoms with Gasteiger partial charge in [-0.3, -0.25) is 9.36 Å². The van der Waals surface area contributed by atoms with Crippen molar-refractivity contribution in [3.05, 3.63) is 118 Å². The average Bonchev–Trinajstić information content (AvgIpc) is 3.39. The van der Waals surface area contributed by atoms with Crippen molar-refractivity contribution >= 4 is 56.9 Å². The number of carbonyl (C=O) groups excluding carboxylic acids is 2. The van der Waals surface area contributed by atoms with Gasteiger partial charge in [0.15, 0.2) is 16.3 Å². The van der Waals surface area contributed by atoms with Gasteiger partial charge >= 0.3 is 11.9 Å². The van der Waals surface area contributed by atoms with Gasteiger partial charge in [-0.25, -0.2) is 14.6 Å². The first-order chi connectivity index (χ1) is 23.2. The molecule has 250 valence electrons. The normalized spacial score (nSPS) is 14.0. The standard InChI is InChI=1S/C35H32BrClN2O8S/c1-5-44-27-13-12-22(15-28(27)45-6-2)30-25(34(42)43-4)18-38-35-39(30)32(40)29(48-35)16-23-14-24(37)17-26(36)31(23)47-19-20-8-10-21(11-9-20)33(41)46-7-3/h8-18,30H,5-7,19H2,1-4H3/b29-16+/t30-/m1/s1. The number of nitrogens with zero attached hydrogens (tertiary/aromatic N) is 2. The fourth-order valence-electron chi connectivity index (χ4n) is 5.08. The van der Waals surface area contributed by atoms with Gasteiger partial charge in [-0.05, 0) is 90.3 Å². The van der Waals surface area contributed by atoms with E-state index in [1.165, 1.54) is 17.9 Å². The van der Waals surface area contributed by atoms with Crippen molar-refractivity contribution in [2.45, 2.75) is 33.4 Å². The van der Waals surface area contributed by atoms with Crippen LogP contribution in [0.3, 0.4) is 0 Å². The minimum atomic E-state index is -0.842. The van der Waals surface area contributed by atoms with Crippen molar-refractivity contribution in [1.82, 2.24) is 4.57 Å². The molecule has 0 unspecified atom stereocenters. The summed E-state index contributed by atoms with van der Waals surface area (Å²) in [6.45, 7) is 6.78. The molecule has 0 saturated carbocycles. The van der Waals surface area contributed by atoms with Crippen molar-refractivity contribution in [3.8, 4) is 17.2 Å². The summed E-state index contributed by atoms with van der Waals surface area (Å²) in [5, 5.41) is 0.427. The maximum Gasteiger partial charge on any atom is 0.338 e. The summed E-state index contributed by atoms with van der Waals surface area (Å²) >= 11 is 11.1. The van der Waals surface area contributed by atoms with E-state index in [1.54, 1.807) is 67.6 Å². The molecule has 3 aromatic carbocycles. The Bertz CT molecular complexity index is 2060. The first-order valence-electron chi connectivity index (χ1n) is 15.1. The van der Waals surface area contributed by atoms with Crippen molar-refractivity contribution in [3.63, 3.8) is 0 Å². The van der Waals surface area contributed by atoms with E-state index in [0.29, 0.717) is 72.6 Å². The lowest BCUT2D eigenvalue weighted by atomic mass is 9.97. The molecule has 0 spiro atoms. The first kappa shape index (κ1) is 34.9. The van der Waals surface area contributed by atoms with Gasteiger partial charge in [-0.15, -0.1) is 0 Å². The van der Waals surface area contributed by atoms with Crippen LogP contribution in [0.25, 0.3) is 6.08 Å². The molecule has 0 bridgehead atoms. The maximum absolute atomic E-state index is 14.2. The van der Waals surface area contributed by atoms with Gasteiger partial charge in [0.2, 0.25) is 0 Å². The Kier molecular flexibility index (Phi) is 11.4. The minimum Gasteiger partial charge on any atom is -0.490 e. The summed E-state index contributed by atoms with van der Waals surface area (Å²) in [6.07, 6.45) is 3.11. The first-order valence-corrected chi connectivity index (χ1v) is 17.0. The highest BCUT2D eigenvalue weighted by Crippen LogP contribution is 2.36. The zero-order valence-electron chi connectivity index (χ0n) is 26.6. The summed E-state index contributed by atoms with van der Waals surface area (Å²) in [7, 11) is 1.28. The number of thiazole rings is 1. The third-order valence-corrected chi connectivity index (χ3v) is 8.98. The molecule has 1 aliphatic heterocycles. The Hall–Kier alpha value is -4.39. The number of aromatic nitrogens is 1. The number of methoxy groups -OCH3 is 1. The molecule has 48 heavy (non-hydrogen) atoms. The van der Waals surface area contributed by atoms with Crippen LogP contribution in [-0.4, -0.2) is 43.4 Å². The maximum atomic E-state index is 14.2. The molecule has 5 rings (SSSR count). The number of fused-ring (bicyclic) bond motifs is 1. The van der Waals surface area contributed by atoms with Gasteiger partial charge in [0.05, 0.1) is 53.1 Å². The summed E-state index contributed by atoms with van der Waals surface area (Å²) in [4.78, 5) is 44.0. The number of benzene rings is 3. The van der Waals surface area contributed by atoms with Crippen LogP contribution in [0.1, 0.15) is 53.9 Å². The average molecular weight is 756 g/mol. The third kappa shape index (κ3) is 7.51. The molecule has 0 amide bonds. The second kappa shape index (κ2) is 15.7. The van der Waals surface area contributed by atoms with Crippen LogP contribution in [0.4, 0.5) is 0 Å². The predicted octanol–water partition coefficient (Wildman–Crippen LogP) is 5.99. The highest BCUT2D eigenvalue weighted by molar-refractivity contribution is 9.10. The molecular weight excluding hydrogens is 724 g/mol. The van der Waals surface area contributed by atoms with E-state index in [2.05, 4.69) is 20.9 Å². The predicted molar refractivity (Wildman–Crippen MR) is 186 cm³/mol. The molecule has 0 aliphatic carbocycles. The minimum absolute atomic E-state index is 0.174. The van der Waals surface area contributed by atoms with E-state index >= 15 is 0 Å². The van der Waals surface area contributed by atoms with Crippen LogP contribution in [0.5, 0.6) is 17.2 Å². The quantitative estimate of drug-likeness (QED) is 0.162. The molecule has 1 aromatic heterocycles. The van der Waals surface area contributed by atoms with Crippen LogP contribution < -0.4 is 29.1 Å². The summed E-state index contributed by atoms with van der Waals surface area (Å²) < 4.78 is 30.3. The zero-order chi connectivity index (χ0) is 34.4. The van der Waals surface area contributed by atoms with Crippen LogP contribution in [-0.2, 0) is 20.9 Å². The van der Waals surface area contributed by atoms with Crippen LogP contribution >= 0.6 is 38.9 Å². The molecule has 0 N–H and O–H groups in total. The second-order valence-electron chi connectivity index (χ2n) is 10.3. The topological polar surface area (TPSA) is 115 Å². The Morgan fingerprint density at radius 3 is 2.38 bits per heavy atom. The van der Waals surface area contributed by atoms with E-state index in [1.807, 2.05) is 13.8 Å². The number of hydrogen-bond acceptors (Lipinski definition) is 10. The monoisotopic (exact) mass is 754 g/mol. The zero-order valence-corrected chi connectivity index (χ0v) is 29.7. The number of rotatable bonds is 12. The molecule has 10 nitrogen and oxygen atoms in total. The highest BCUT2D eigenvalue weighted by Gasteiger charge is 2.31. The fourth-order valence-corrected chi connectivity index (χ4v) is 6.98. The highest BCUT2D eigenvalue weighted by atomic mass is 79.9. The van der Waals surface area contributed by atoms with Gasteiger partial charge in [-0.2, -0.15) is 0 Å². The molecule has 0 saturated heterocycles. The lowest BCUT2D eigenvalue weighted by molar-refractivity contribution is -0.136. The van der Waals surface area contributed by atoms with E-state index in [-0.39, 0.29) is 17.7 Å². The molecule has 4 aromatic rings. The third-order valence-electron chi connectivity index (χ3n) is 7.18. The number of esters is 2. The van der Waals surface area contributed by atoms with Gasteiger partial charge in [0, 0.05) is 16.8 Å². The van der Waals surface area contributed by atoms with Crippen molar-refractivity contribution in [1.29, 1.82) is 0 Å². The number of hydrogen-bond donors (Lipinski definition) is 0. The Balaban J connectivity index is 1.56. The molecule has 1 aliphatic rings. The lowest BCUT2D eigenvalue weighted by Crippen LogP contribution is -2.39. The Morgan fingerprint density at radius 2 is 1.69 bits per heavy atom.